The first-order valence-corrected chi connectivity index (χ1v) is 3.72. The molecular weight excluding hydrogens is 188 g/mol. The lowest BCUT2D eigenvalue weighted by Gasteiger charge is -1.86. The summed E-state index contributed by atoms with van der Waals surface area (Å²) in [6.07, 6.45) is 2.50. The number of ketones is 2. The molecule has 4 N–H and O–H groups in total. The average Bonchev–Trinajstić information content (AvgIpc) is 2.14. The normalized spacial score (nSPS) is 8.86. The van der Waals surface area contributed by atoms with Gasteiger partial charge in [0.05, 0.1) is 6.54 Å². The Morgan fingerprint density at radius 2 is 1.50 bits per heavy atom. The minimum Gasteiger partial charge on any atom is -0.372 e. The fourth-order valence-corrected chi connectivity index (χ4v) is 0.283. The Labute approximate surface area is 81.8 Å². The summed E-state index contributed by atoms with van der Waals surface area (Å²) < 4.78 is 0. The van der Waals surface area contributed by atoms with E-state index in [2.05, 4.69) is 10.7 Å². The van der Waals surface area contributed by atoms with Gasteiger partial charge in [-0.25, -0.2) is 4.79 Å². The average molecular weight is 202 g/mol. The predicted molar refractivity (Wildman–Crippen MR) is 49.8 cm³/mol. The van der Waals surface area contributed by atoms with Gasteiger partial charge >= 0.3 is 5.97 Å². The zero-order valence-corrected chi connectivity index (χ0v) is 8.15. The van der Waals surface area contributed by atoms with Crippen LogP contribution in [0.1, 0.15) is 13.8 Å². The molecule has 0 aliphatic heterocycles. The van der Waals surface area contributed by atoms with Crippen molar-refractivity contribution in [3.05, 3.63) is 12.2 Å². The number of hydrogen-bond acceptors (Lipinski definition) is 6. The van der Waals surface area contributed by atoms with Crippen LogP contribution in [0.25, 0.3) is 0 Å². The van der Waals surface area contributed by atoms with E-state index >= 15 is 0 Å². The maximum Gasteiger partial charge on any atom is 0.338 e. The van der Waals surface area contributed by atoms with Crippen LogP contribution in [0.15, 0.2) is 12.2 Å². The zero-order valence-electron chi connectivity index (χ0n) is 8.15. The summed E-state index contributed by atoms with van der Waals surface area (Å²) in [5.74, 6) is 3.56. The zero-order chi connectivity index (χ0) is 11.6. The summed E-state index contributed by atoms with van der Waals surface area (Å²) >= 11 is 0. The van der Waals surface area contributed by atoms with Crippen molar-refractivity contribution in [2.45, 2.75) is 13.8 Å². The van der Waals surface area contributed by atoms with Crippen LogP contribution in [-0.4, -0.2) is 24.1 Å². The van der Waals surface area contributed by atoms with E-state index < -0.39 is 5.97 Å². The van der Waals surface area contributed by atoms with Crippen LogP contribution in [0.3, 0.4) is 0 Å². The van der Waals surface area contributed by atoms with Gasteiger partial charge in [-0.1, -0.05) is 0 Å². The van der Waals surface area contributed by atoms with Crippen LogP contribution in [0.5, 0.6) is 0 Å². The third-order valence-electron chi connectivity index (χ3n) is 0.851. The van der Waals surface area contributed by atoms with E-state index in [0.29, 0.717) is 0 Å². The van der Waals surface area contributed by atoms with Gasteiger partial charge in [-0.05, 0) is 26.0 Å². The van der Waals surface area contributed by atoms with E-state index in [4.69, 9.17) is 5.73 Å². The second-order valence-corrected chi connectivity index (χ2v) is 2.25. The molecule has 0 aliphatic rings. The van der Waals surface area contributed by atoms with E-state index in [1.165, 1.54) is 26.0 Å². The van der Waals surface area contributed by atoms with Crippen molar-refractivity contribution in [1.82, 2.24) is 0 Å². The molecule has 14 heavy (non-hydrogen) atoms. The van der Waals surface area contributed by atoms with Crippen LogP contribution in [0, 0.1) is 0 Å². The Morgan fingerprint density at radius 3 is 1.57 bits per heavy atom. The van der Waals surface area contributed by atoms with Crippen LogP contribution in [-0.2, 0) is 19.2 Å². The molecule has 0 amide bonds. The maximum absolute atomic E-state index is 10.1. The SMILES string of the molecule is CC(=O)/C=C\C(C)=O.NCC(=O)ON. The molecule has 0 fully saturated rings. The van der Waals surface area contributed by atoms with Crippen LogP contribution >= 0.6 is 0 Å². The van der Waals surface area contributed by atoms with Crippen molar-refractivity contribution < 1.29 is 19.2 Å². The van der Waals surface area contributed by atoms with Crippen molar-refractivity contribution in [3.63, 3.8) is 0 Å². The predicted octanol–water partition coefficient (Wildman–Crippen LogP) is -0.917. The minimum absolute atomic E-state index is 0.0970. The van der Waals surface area contributed by atoms with Crippen molar-refractivity contribution in [2.24, 2.45) is 11.6 Å². The Morgan fingerprint density at radius 1 is 1.14 bits per heavy atom. The van der Waals surface area contributed by atoms with E-state index in [9.17, 15) is 14.4 Å². The van der Waals surface area contributed by atoms with Crippen LogP contribution in [0.4, 0.5) is 0 Å². The third-order valence-corrected chi connectivity index (χ3v) is 0.851. The second-order valence-electron chi connectivity index (χ2n) is 2.25. The molecule has 0 saturated carbocycles. The van der Waals surface area contributed by atoms with Crippen LogP contribution in [0.2, 0.25) is 0 Å². The van der Waals surface area contributed by atoms with Gasteiger partial charge in [-0.15, -0.1) is 0 Å². The monoisotopic (exact) mass is 202 g/mol. The Hall–Kier alpha value is -1.53. The molecule has 0 rings (SSSR count). The van der Waals surface area contributed by atoms with Crippen molar-refractivity contribution >= 4 is 17.5 Å². The molecule has 0 radical (unpaired) electrons. The van der Waals surface area contributed by atoms with E-state index in [1.807, 2.05) is 0 Å². The maximum atomic E-state index is 10.1. The smallest absolute Gasteiger partial charge is 0.338 e. The number of hydrogen-bond donors (Lipinski definition) is 2. The lowest BCUT2D eigenvalue weighted by atomic mass is 10.3. The first-order valence-electron chi connectivity index (χ1n) is 3.72. The van der Waals surface area contributed by atoms with Crippen molar-refractivity contribution in [1.29, 1.82) is 0 Å². The Kier molecular flexibility index (Phi) is 10.2. The van der Waals surface area contributed by atoms with Gasteiger partial charge in [0.25, 0.3) is 0 Å². The fraction of sp³-hybridized carbons (Fsp3) is 0.375. The van der Waals surface area contributed by atoms with Crippen molar-refractivity contribution in [3.8, 4) is 0 Å². The summed E-state index contributed by atoms with van der Waals surface area (Å²) in [5, 5.41) is 0. The molecule has 0 bridgehead atoms. The molecule has 6 nitrogen and oxygen atoms in total. The molecule has 0 atom stereocenters. The fourth-order valence-electron chi connectivity index (χ4n) is 0.283. The highest BCUT2D eigenvalue weighted by Gasteiger charge is 1.89. The summed E-state index contributed by atoms with van der Waals surface area (Å²) in [6.45, 7) is 2.65. The third kappa shape index (κ3) is 16.8. The number of carbonyl (C=O) groups is 3. The molecule has 0 spiro atoms. The topological polar surface area (TPSA) is 112 Å². The first kappa shape index (κ1) is 15.0. The molecule has 6 heteroatoms. The van der Waals surface area contributed by atoms with Gasteiger partial charge in [0.15, 0.2) is 11.6 Å². The van der Waals surface area contributed by atoms with Gasteiger partial charge in [0, 0.05) is 0 Å². The van der Waals surface area contributed by atoms with Gasteiger partial charge < -0.3 is 10.6 Å². The van der Waals surface area contributed by atoms with Gasteiger partial charge in [0.1, 0.15) is 0 Å². The highest BCUT2D eigenvalue weighted by atomic mass is 16.7. The van der Waals surface area contributed by atoms with Gasteiger partial charge in [0.2, 0.25) is 0 Å². The molecule has 0 aromatic heterocycles. The molecule has 0 aromatic carbocycles. The van der Waals surface area contributed by atoms with Gasteiger partial charge in [-0.2, -0.15) is 5.90 Å². The largest absolute Gasteiger partial charge is 0.372 e. The summed E-state index contributed by atoms with van der Waals surface area (Å²) in [6, 6.07) is 0. The first-order chi connectivity index (χ1) is 6.43. The summed E-state index contributed by atoms with van der Waals surface area (Å²) in [4.78, 5) is 33.6. The van der Waals surface area contributed by atoms with Crippen molar-refractivity contribution in [2.75, 3.05) is 6.54 Å². The number of allylic oxidation sites excluding steroid dienone is 2. The second kappa shape index (κ2) is 9.56. The summed E-state index contributed by atoms with van der Waals surface area (Å²) in [5.41, 5.74) is 4.73. The molecule has 0 unspecified atom stereocenters. The highest BCUT2D eigenvalue weighted by molar-refractivity contribution is 5.96. The Balaban J connectivity index is 0. The lowest BCUT2D eigenvalue weighted by molar-refractivity contribution is -0.142. The number of nitrogens with two attached hydrogens (primary N) is 2. The highest BCUT2D eigenvalue weighted by Crippen LogP contribution is 1.75. The Bertz CT molecular complexity index is 213. The van der Waals surface area contributed by atoms with Crippen LogP contribution < -0.4 is 11.6 Å². The number of rotatable bonds is 3. The molecular formula is C8H14N2O4. The lowest BCUT2D eigenvalue weighted by Crippen LogP contribution is -2.19. The van der Waals surface area contributed by atoms with E-state index in [-0.39, 0.29) is 18.1 Å². The molecule has 0 aliphatic carbocycles. The van der Waals surface area contributed by atoms with E-state index in [0.717, 1.165) is 0 Å². The quantitative estimate of drug-likeness (QED) is 0.452. The molecule has 0 saturated heterocycles. The molecule has 0 heterocycles. The van der Waals surface area contributed by atoms with Gasteiger partial charge in [-0.3, -0.25) is 9.59 Å². The number of carbonyl (C=O) groups excluding carboxylic acids is 3. The molecule has 0 aromatic rings. The summed E-state index contributed by atoms with van der Waals surface area (Å²) in [7, 11) is 0. The molecule has 80 valence electrons. The standard InChI is InChI=1S/C6H8O2.C2H6N2O2/c1-5(7)3-4-6(2)8;3-1-2(5)6-4/h3-4H,1-2H3;1,3-4H2/b4-3-;. The van der Waals surface area contributed by atoms with E-state index in [1.54, 1.807) is 0 Å². The minimum atomic E-state index is -0.602.